The maximum Gasteiger partial charge on any atom is 0.192 e. The summed E-state index contributed by atoms with van der Waals surface area (Å²) >= 11 is 0. The summed E-state index contributed by atoms with van der Waals surface area (Å²) in [6, 6.07) is 0. The quantitative estimate of drug-likeness (QED) is 0.545. The summed E-state index contributed by atoms with van der Waals surface area (Å²) in [7, 11) is -1.72. The summed E-state index contributed by atoms with van der Waals surface area (Å²) in [5, 5.41) is 0.224. The van der Waals surface area contributed by atoms with E-state index in [1.54, 1.807) is 0 Å². The predicted molar refractivity (Wildman–Crippen MR) is 67.8 cm³/mol. The van der Waals surface area contributed by atoms with E-state index in [4.69, 9.17) is 4.43 Å². The Labute approximate surface area is 99.2 Å². The maximum absolute atomic E-state index is 11.7. The van der Waals surface area contributed by atoms with Crippen molar-refractivity contribution in [3.8, 4) is 0 Å². The van der Waals surface area contributed by atoms with E-state index in [-0.39, 0.29) is 17.1 Å². The molecular weight excluding hydrogens is 216 g/mol. The average molecular weight is 238 g/mol. The number of ketones is 1. The van der Waals surface area contributed by atoms with Gasteiger partial charge in [0.05, 0.1) is 6.10 Å². The lowest BCUT2D eigenvalue weighted by molar-refractivity contribution is -0.120. The van der Waals surface area contributed by atoms with Gasteiger partial charge in [0.1, 0.15) is 5.78 Å². The zero-order valence-corrected chi connectivity index (χ0v) is 11.9. The van der Waals surface area contributed by atoms with Crippen molar-refractivity contribution >= 4 is 14.1 Å². The minimum absolute atomic E-state index is 0.156. The van der Waals surface area contributed by atoms with Crippen molar-refractivity contribution in [1.29, 1.82) is 0 Å². The molecule has 90 valence electrons. The van der Waals surface area contributed by atoms with Gasteiger partial charge in [-0.15, -0.1) is 0 Å². The molecule has 1 saturated carbocycles. The summed E-state index contributed by atoms with van der Waals surface area (Å²) in [5.74, 6) is 0.924. The van der Waals surface area contributed by atoms with E-state index in [9.17, 15) is 4.79 Å². The lowest BCUT2D eigenvalue weighted by Crippen LogP contribution is -2.45. The Balaban J connectivity index is 2.06. The van der Waals surface area contributed by atoms with Crippen LogP contribution in [0.4, 0.5) is 0 Å². The van der Waals surface area contributed by atoms with E-state index in [2.05, 4.69) is 39.9 Å². The Morgan fingerprint density at radius 1 is 1.31 bits per heavy atom. The van der Waals surface area contributed by atoms with E-state index >= 15 is 0 Å². The van der Waals surface area contributed by atoms with Gasteiger partial charge in [-0.25, -0.2) is 0 Å². The Morgan fingerprint density at radius 3 is 2.31 bits per heavy atom. The fourth-order valence-corrected chi connectivity index (χ4v) is 3.52. The van der Waals surface area contributed by atoms with Gasteiger partial charge in [-0.05, 0) is 18.1 Å². The third-order valence-corrected chi connectivity index (χ3v) is 8.92. The van der Waals surface area contributed by atoms with Gasteiger partial charge >= 0.3 is 0 Å². The lowest BCUT2D eigenvalue weighted by atomic mass is 9.84. The lowest BCUT2D eigenvalue weighted by Gasteiger charge is -2.40. The van der Waals surface area contributed by atoms with Crippen LogP contribution in [0.2, 0.25) is 18.1 Å². The van der Waals surface area contributed by atoms with Crippen molar-refractivity contribution in [3.63, 3.8) is 0 Å². The number of hydrogen-bond acceptors (Lipinski definition) is 2. The first kappa shape index (κ1) is 12.1. The van der Waals surface area contributed by atoms with Crippen LogP contribution >= 0.6 is 0 Å². The molecular formula is C13H22O2Si. The molecule has 2 rings (SSSR count). The van der Waals surface area contributed by atoms with Crippen molar-refractivity contribution in [2.24, 2.45) is 11.8 Å². The Kier molecular flexibility index (Phi) is 2.67. The Bertz CT molecular complexity index is 338. The highest BCUT2D eigenvalue weighted by Gasteiger charge is 2.48. The highest BCUT2D eigenvalue weighted by Crippen LogP contribution is 2.44. The second-order valence-corrected chi connectivity index (χ2v) is 11.3. The topological polar surface area (TPSA) is 26.3 Å². The molecule has 0 radical (unpaired) electrons. The second-order valence-electron chi connectivity index (χ2n) is 6.58. The number of Topliss-reactive ketones (excluding diaryl/α,β-unsaturated/α-hetero) is 1. The van der Waals surface area contributed by atoms with Crippen molar-refractivity contribution in [1.82, 2.24) is 0 Å². The molecule has 0 amide bonds. The number of fused-ring (bicyclic) bond motifs is 1. The minimum Gasteiger partial charge on any atom is -0.413 e. The van der Waals surface area contributed by atoms with Crippen LogP contribution < -0.4 is 0 Å². The van der Waals surface area contributed by atoms with Crippen molar-refractivity contribution in [3.05, 3.63) is 12.2 Å². The number of hydrogen-bond donors (Lipinski definition) is 0. The normalized spacial score (nSPS) is 33.8. The van der Waals surface area contributed by atoms with E-state index in [1.807, 2.05) is 6.08 Å². The molecule has 16 heavy (non-hydrogen) atoms. The minimum atomic E-state index is -1.72. The molecule has 1 fully saturated rings. The fourth-order valence-electron chi connectivity index (χ4n) is 2.17. The summed E-state index contributed by atoms with van der Waals surface area (Å²) < 4.78 is 6.33. The monoisotopic (exact) mass is 238 g/mol. The van der Waals surface area contributed by atoms with E-state index in [0.29, 0.717) is 18.1 Å². The van der Waals surface area contributed by atoms with Crippen molar-refractivity contribution in [2.45, 2.75) is 51.4 Å². The summed E-state index contributed by atoms with van der Waals surface area (Å²) in [6.07, 6.45) is 4.95. The molecule has 0 N–H and O–H groups in total. The molecule has 2 aliphatic carbocycles. The third kappa shape index (κ3) is 1.80. The zero-order chi connectivity index (χ0) is 12.1. The molecule has 0 saturated heterocycles. The van der Waals surface area contributed by atoms with Gasteiger partial charge in [-0.3, -0.25) is 4.79 Å². The molecule has 0 aromatic heterocycles. The largest absolute Gasteiger partial charge is 0.413 e. The number of carbonyl (C=O) groups excluding carboxylic acids is 1. The molecule has 0 aromatic carbocycles. The molecule has 0 aromatic rings. The molecule has 0 aliphatic heterocycles. The SMILES string of the molecule is CC(C)(C)[Si](C)(C)O[C@@H]1CC(=O)[C@H]2C=C[C@H]21. The predicted octanol–water partition coefficient (Wildman–Crippen LogP) is 3.15. The first-order chi connectivity index (χ1) is 7.22. The number of rotatable bonds is 2. The summed E-state index contributed by atoms with van der Waals surface area (Å²) in [5.41, 5.74) is 0. The van der Waals surface area contributed by atoms with Gasteiger partial charge in [-0.1, -0.05) is 32.9 Å². The van der Waals surface area contributed by atoms with Crippen LogP contribution in [0, 0.1) is 11.8 Å². The molecule has 3 heteroatoms. The zero-order valence-electron chi connectivity index (χ0n) is 10.9. The second kappa shape index (κ2) is 3.54. The molecule has 2 aliphatic rings. The van der Waals surface area contributed by atoms with Crippen molar-refractivity contribution in [2.75, 3.05) is 0 Å². The Morgan fingerprint density at radius 2 is 1.94 bits per heavy atom. The molecule has 0 heterocycles. The smallest absolute Gasteiger partial charge is 0.192 e. The van der Waals surface area contributed by atoms with Crippen LogP contribution in [0.15, 0.2) is 12.2 Å². The van der Waals surface area contributed by atoms with Gasteiger partial charge < -0.3 is 4.43 Å². The molecule has 3 atom stereocenters. The number of allylic oxidation sites excluding steroid dienone is 1. The summed E-state index contributed by atoms with van der Waals surface area (Å²) in [6.45, 7) is 11.2. The Hall–Kier alpha value is -0.413. The van der Waals surface area contributed by atoms with Crippen LogP contribution in [-0.4, -0.2) is 20.2 Å². The van der Waals surface area contributed by atoms with Crippen LogP contribution in [-0.2, 0) is 9.22 Å². The average Bonchev–Trinajstić information content (AvgIpc) is 2.15. The standard InChI is InChI=1S/C13H22O2Si/c1-13(2,3)16(4,5)15-12-8-11(14)9-6-7-10(9)12/h6-7,9-10,12H,8H2,1-5H3/t9-,10+,12+/m0/s1. The van der Waals surface area contributed by atoms with Gasteiger partial charge in [0.25, 0.3) is 0 Å². The third-order valence-electron chi connectivity index (χ3n) is 4.41. The van der Waals surface area contributed by atoms with Crippen LogP contribution in [0.3, 0.4) is 0 Å². The van der Waals surface area contributed by atoms with Gasteiger partial charge in [-0.2, -0.15) is 0 Å². The molecule has 0 unspecified atom stereocenters. The fraction of sp³-hybridized carbons (Fsp3) is 0.769. The highest BCUT2D eigenvalue weighted by molar-refractivity contribution is 6.74. The van der Waals surface area contributed by atoms with Gasteiger partial charge in [0.15, 0.2) is 8.32 Å². The molecule has 0 spiro atoms. The first-order valence-electron chi connectivity index (χ1n) is 6.11. The van der Waals surface area contributed by atoms with Gasteiger partial charge in [0, 0.05) is 18.3 Å². The summed E-state index contributed by atoms with van der Waals surface area (Å²) in [4.78, 5) is 11.7. The first-order valence-corrected chi connectivity index (χ1v) is 9.02. The van der Waals surface area contributed by atoms with Crippen molar-refractivity contribution < 1.29 is 9.22 Å². The molecule has 2 nitrogen and oxygen atoms in total. The maximum atomic E-state index is 11.7. The van der Waals surface area contributed by atoms with E-state index < -0.39 is 8.32 Å². The van der Waals surface area contributed by atoms with E-state index in [1.165, 1.54) is 0 Å². The molecule has 0 bridgehead atoms. The van der Waals surface area contributed by atoms with Crippen LogP contribution in [0.5, 0.6) is 0 Å². The highest BCUT2D eigenvalue weighted by atomic mass is 28.4. The van der Waals surface area contributed by atoms with Crippen LogP contribution in [0.1, 0.15) is 27.2 Å². The van der Waals surface area contributed by atoms with Gasteiger partial charge in [0.2, 0.25) is 0 Å². The van der Waals surface area contributed by atoms with Crippen LogP contribution in [0.25, 0.3) is 0 Å². The van der Waals surface area contributed by atoms with E-state index in [0.717, 1.165) is 0 Å². The number of carbonyl (C=O) groups is 1.